The zero-order valence-corrected chi connectivity index (χ0v) is 16.6. The van der Waals surface area contributed by atoms with Crippen molar-refractivity contribution >= 4 is 69.6 Å². The van der Waals surface area contributed by atoms with Crippen molar-refractivity contribution in [1.82, 2.24) is 4.98 Å². The minimum atomic E-state index is -0.683. The monoisotopic (exact) mass is 453 g/mol. The molecule has 0 radical (unpaired) electrons. The highest BCUT2D eigenvalue weighted by Crippen LogP contribution is 2.43. The van der Waals surface area contributed by atoms with Gasteiger partial charge in [-0.25, -0.2) is 4.98 Å². The van der Waals surface area contributed by atoms with Crippen LogP contribution < -0.4 is 0 Å². The fourth-order valence-electron chi connectivity index (χ4n) is 2.33. The Morgan fingerprint density at radius 3 is 1.48 bits per heavy atom. The van der Waals surface area contributed by atoms with Gasteiger partial charge in [-0.3, -0.25) is 0 Å². The average molecular weight is 456 g/mol. The third-order valence-electron chi connectivity index (χ3n) is 3.47. The summed E-state index contributed by atoms with van der Waals surface area (Å²) in [5.74, 6) is -0.683. The van der Waals surface area contributed by atoms with Gasteiger partial charge in [0.2, 0.25) is 5.95 Å². The molecule has 0 bridgehead atoms. The van der Waals surface area contributed by atoms with Crippen LogP contribution in [0.4, 0.5) is 4.39 Å². The number of nitrogens with zero attached hydrogens (tertiary/aromatic N) is 1. The maximum absolute atomic E-state index is 13.8. The van der Waals surface area contributed by atoms with Gasteiger partial charge in [0, 0.05) is 29.0 Å². The molecule has 25 heavy (non-hydrogen) atoms. The van der Waals surface area contributed by atoms with Crippen molar-refractivity contribution in [3.05, 3.63) is 72.6 Å². The van der Waals surface area contributed by atoms with E-state index in [1.54, 1.807) is 12.1 Å². The first-order valence-corrected chi connectivity index (χ1v) is 9.00. The van der Waals surface area contributed by atoms with Crippen LogP contribution in [0.5, 0.6) is 0 Å². The van der Waals surface area contributed by atoms with Gasteiger partial charge in [-0.05, 0) is 29.8 Å². The van der Waals surface area contributed by atoms with Crippen LogP contribution >= 0.6 is 69.6 Å². The van der Waals surface area contributed by atoms with Crippen LogP contribution in [0.2, 0.25) is 30.1 Å². The van der Waals surface area contributed by atoms with Crippen molar-refractivity contribution < 1.29 is 4.39 Å². The number of aromatic nitrogens is 1. The molecule has 0 unspecified atom stereocenters. The SMILES string of the molecule is Fc1cc(-c2cc(Cl)c(Cl)cc2Cl)c(-c2cc(Cl)c(Cl)cc2Cl)cn1. The molecule has 0 aliphatic heterocycles. The maximum Gasteiger partial charge on any atom is 0.213 e. The van der Waals surface area contributed by atoms with E-state index < -0.39 is 5.95 Å². The van der Waals surface area contributed by atoms with Gasteiger partial charge in [0.05, 0.1) is 30.1 Å². The topological polar surface area (TPSA) is 12.9 Å². The zero-order chi connectivity index (χ0) is 18.3. The van der Waals surface area contributed by atoms with Crippen LogP contribution in [0.15, 0.2) is 36.5 Å². The number of halogens is 7. The van der Waals surface area contributed by atoms with Crippen molar-refractivity contribution in [2.75, 3.05) is 0 Å². The van der Waals surface area contributed by atoms with Crippen molar-refractivity contribution in [1.29, 1.82) is 0 Å². The van der Waals surface area contributed by atoms with Gasteiger partial charge in [0.25, 0.3) is 0 Å². The minimum Gasteiger partial charge on any atom is -0.228 e. The van der Waals surface area contributed by atoms with Gasteiger partial charge >= 0.3 is 0 Å². The molecule has 0 aliphatic carbocycles. The lowest BCUT2D eigenvalue weighted by Gasteiger charge is -2.14. The molecule has 0 N–H and O–H groups in total. The standard InChI is InChI=1S/C17H6Cl6FN/c18-11-4-15(22)13(20)1-8(11)7-3-17(24)25-6-10(7)9-2-14(21)16(23)5-12(9)19/h1-6H. The summed E-state index contributed by atoms with van der Waals surface area (Å²) in [6.45, 7) is 0. The molecule has 8 heteroatoms. The summed E-state index contributed by atoms with van der Waals surface area (Å²) in [5.41, 5.74) is 1.97. The molecule has 1 heterocycles. The number of hydrogen-bond donors (Lipinski definition) is 0. The van der Waals surface area contributed by atoms with Crippen LogP contribution in [0.25, 0.3) is 22.3 Å². The van der Waals surface area contributed by atoms with Gasteiger partial charge < -0.3 is 0 Å². The van der Waals surface area contributed by atoms with Crippen molar-refractivity contribution in [3.63, 3.8) is 0 Å². The highest BCUT2D eigenvalue weighted by atomic mass is 35.5. The number of pyridine rings is 1. The number of hydrogen-bond acceptors (Lipinski definition) is 1. The molecule has 0 spiro atoms. The number of benzene rings is 2. The Hall–Kier alpha value is -0.740. The van der Waals surface area contributed by atoms with E-state index in [4.69, 9.17) is 69.6 Å². The first-order chi connectivity index (χ1) is 11.8. The van der Waals surface area contributed by atoms with E-state index in [-0.39, 0.29) is 5.02 Å². The fourth-order valence-corrected chi connectivity index (χ4v) is 3.62. The van der Waals surface area contributed by atoms with E-state index in [1.807, 2.05) is 0 Å². The summed E-state index contributed by atoms with van der Waals surface area (Å²) >= 11 is 36.7. The maximum atomic E-state index is 13.8. The summed E-state index contributed by atoms with van der Waals surface area (Å²) < 4.78 is 13.8. The van der Waals surface area contributed by atoms with Crippen LogP contribution in [0, 0.1) is 5.95 Å². The molecule has 2 aromatic carbocycles. The second-order valence-corrected chi connectivity index (χ2v) is 7.49. The molecule has 0 aliphatic rings. The van der Waals surface area contributed by atoms with Crippen LogP contribution in [-0.2, 0) is 0 Å². The van der Waals surface area contributed by atoms with Crippen molar-refractivity contribution in [3.8, 4) is 22.3 Å². The second-order valence-electron chi connectivity index (χ2n) is 5.04. The predicted octanol–water partition coefficient (Wildman–Crippen LogP) is 8.48. The molecule has 0 saturated carbocycles. The first kappa shape index (κ1) is 19.0. The smallest absolute Gasteiger partial charge is 0.213 e. The average Bonchev–Trinajstić information content (AvgIpc) is 2.54. The normalized spacial score (nSPS) is 11.0. The molecule has 3 rings (SSSR count). The molecule has 1 nitrogen and oxygen atoms in total. The van der Waals surface area contributed by atoms with E-state index in [2.05, 4.69) is 4.98 Å². The van der Waals surface area contributed by atoms with Crippen molar-refractivity contribution in [2.45, 2.75) is 0 Å². The predicted molar refractivity (Wildman–Crippen MR) is 105 cm³/mol. The van der Waals surface area contributed by atoms with E-state index in [1.165, 1.54) is 24.4 Å². The van der Waals surface area contributed by atoms with E-state index >= 15 is 0 Å². The first-order valence-electron chi connectivity index (χ1n) is 6.73. The van der Waals surface area contributed by atoms with Gasteiger partial charge in [-0.1, -0.05) is 69.6 Å². The summed E-state index contributed by atoms with van der Waals surface area (Å²) in [6.07, 6.45) is 1.34. The molecule has 0 amide bonds. The molecule has 0 fully saturated rings. The Kier molecular flexibility index (Phi) is 5.69. The lowest BCUT2D eigenvalue weighted by Crippen LogP contribution is -1.93. The summed E-state index contributed by atoms with van der Waals surface area (Å²) in [4.78, 5) is 3.70. The van der Waals surface area contributed by atoms with Crippen LogP contribution in [0.1, 0.15) is 0 Å². The second kappa shape index (κ2) is 7.48. The third kappa shape index (κ3) is 3.85. The lowest BCUT2D eigenvalue weighted by molar-refractivity contribution is 0.584. The summed E-state index contributed by atoms with van der Waals surface area (Å²) in [6, 6.07) is 7.36. The van der Waals surface area contributed by atoms with Crippen LogP contribution in [-0.4, -0.2) is 4.98 Å². The number of rotatable bonds is 2. The molecule has 1 aromatic heterocycles. The van der Waals surface area contributed by atoms with Gasteiger partial charge in [-0.2, -0.15) is 4.39 Å². The molecule has 128 valence electrons. The van der Waals surface area contributed by atoms with Crippen molar-refractivity contribution in [2.24, 2.45) is 0 Å². The lowest BCUT2D eigenvalue weighted by atomic mass is 9.96. The van der Waals surface area contributed by atoms with E-state index in [9.17, 15) is 4.39 Å². The summed E-state index contributed by atoms with van der Waals surface area (Å²) in [5, 5.41) is 1.82. The largest absolute Gasteiger partial charge is 0.228 e. The molecular weight excluding hydrogens is 450 g/mol. The highest BCUT2D eigenvalue weighted by Gasteiger charge is 2.17. The van der Waals surface area contributed by atoms with Gasteiger partial charge in [-0.15, -0.1) is 0 Å². The Morgan fingerprint density at radius 1 is 0.520 bits per heavy atom. The molecule has 3 aromatic rings. The van der Waals surface area contributed by atoms with Gasteiger partial charge in [0.15, 0.2) is 0 Å². The minimum absolute atomic E-state index is 0.282. The van der Waals surface area contributed by atoms with Gasteiger partial charge in [0.1, 0.15) is 0 Å². The Morgan fingerprint density at radius 2 is 0.960 bits per heavy atom. The highest BCUT2D eigenvalue weighted by molar-refractivity contribution is 6.45. The Labute approximate surface area is 173 Å². The quantitative estimate of drug-likeness (QED) is 0.279. The summed E-state index contributed by atoms with van der Waals surface area (Å²) in [7, 11) is 0. The molecule has 0 atom stereocenters. The fraction of sp³-hybridized carbons (Fsp3) is 0. The van der Waals surface area contributed by atoms with E-state index in [0.29, 0.717) is 47.4 Å². The Balaban J connectivity index is 2.32. The molecular formula is C17H6Cl6FN. The Bertz CT molecular complexity index is 989. The molecule has 0 saturated heterocycles. The zero-order valence-electron chi connectivity index (χ0n) is 12.1. The van der Waals surface area contributed by atoms with Crippen LogP contribution in [0.3, 0.4) is 0 Å². The third-order valence-corrected chi connectivity index (χ3v) is 5.54. The van der Waals surface area contributed by atoms with E-state index in [0.717, 1.165) is 0 Å².